The van der Waals surface area contributed by atoms with Gasteiger partial charge in [-0.15, -0.1) is 11.3 Å². The van der Waals surface area contributed by atoms with Crippen LogP contribution in [0.15, 0.2) is 24.3 Å². The Morgan fingerprint density at radius 3 is 2.59 bits per heavy atom. The molecule has 1 aromatic carbocycles. The van der Waals surface area contributed by atoms with E-state index >= 15 is 0 Å². The highest BCUT2D eigenvalue weighted by molar-refractivity contribution is 7.12. The molecule has 1 aromatic heterocycles. The fourth-order valence-electron chi connectivity index (χ4n) is 1.82. The number of aliphatic hydroxyl groups is 1. The van der Waals surface area contributed by atoms with E-state index in [4.69, 9.17) is 11.6 Å². The molecule has 2 rings (SSSR count). The fourth-order valence-corrected chi connectivity index (χ4v) is 2.96. The van der Waals surface area contributed by atoms with Crippen molar-refractivity contribution in [2.24, 2.45) is 0 Å². The Kier molecular flexibility index (Phi) is 3.52. The van der Waals surface area contributed by atoms with Gasteiger partial charge in [-0.05, 0) is 31.5 Å². The quantitative estimate of drug-likeness (QED) is 0.865. The predicted molar refractivity (Wildman–Crippen MR) is 69.3 cm³/mol. The molecule has 4 heteroatoms. The lowest BCUT2D eigenvalue weighted by molar-refractivity contribution is 0.215. The summed E-state index contributed by atoms with van der Waals surface area (Å²) in [6, 6.07) is 6.54. The van der Waals surface area contributed by atoms with E-state index in [0.717, 1.165) is 15.3 Å². The molecule has 0 saturated carbocycles. The number of benzene rings is 1. The van der Waals surface area contributed by atoms with Crippen LogP contribution in [0, 0.1) is 19.7 Å². The average molecular weight is 271 g/mol. The number of rotatable bonds is 2. The number of aryl methyl sites for hydroxylation is 2. The van der Waals surface area contributed by atoms with Crippen LogP contribution in [0.1, 0.15) is 27.0 Å². The van der Waals surface area contributed by atoms with Gasteiger partial charge in [0.2, 0.25) is 0 Å². The molecule has 0 saturated heterocycles. The molecule has 90 valence electrons. The highest BCUT2D eigenvalue weighted by atomic mass is 35.5. The zero-order chi connectivity index (χ0) is 12.6. The summed E-state index contributed by atoms with van der Waals surface area (Å²) in [6.07, 6.45) is -0.960. The van der Waals surface area contributed by atoms with E-state index in [0.29, 0.717) is 0 Å². The monoisotopic (exact) mass is 270 g/mol. The zero-order valence-corrected chi connectivity index (χ0v) is 11.1. The minimum Gasteiger partial charge on any atom is -0.384 e. The molecule has 0 bridgehead atoms. The van der Waals surface area contributed by atoms with Gasteiger partial charge in [0.05, 0.1) is 5.02 Å². The third kappa shape index (κ3) is 2.37. The molecule has 0 fully saturated rings. The Morgan fingerprint density at radius 1 is 1.29 bits per heavy atom. The number of halogens is 2. The summed E-state index contributed by atoms with van der Waals surface area (Å²) >= 11 is 7.29. The molecule has 0 amide bonds. The van der Waals surface area contributed by atoms with Gasteiger partial charge in [-0.1, -0.05) is 23.7 Å². The molecule has 1 nitrogen and oxygen atoms in total. The lowest BCUT2D eigenvalue weighted by Gasteiger charge is -2.12. The second kappa shape index (κ2) is 4.77. The molecule has 1 N–H and O–H groups in total. The van der Waals surface area contributed by atoms with Crippen LogP contribution >= 0.6 is 22.9 Å². The standard InChI is InChI=1S/C13H12ClFOS/c1-7-6-10(8(2)17-7)13(16)9-4-3-5-11(14)12(9)15/h3-6,13,16H,1-2H3. The van der Waals surface area contributed by atoms with E-state index in [2.05, 4.69) is 0 Å². The molecule has 1 atom stereocenters. The lowest BCUT2D eigenvalue weighted by atomic mass is 10.0. The van der Waals surface area contributed by atoms with Gasteiger partial charge in [0.15, 0.2) is 0 Å². The average Bonchev–Trinajstić information content (AvgIpc) is 2.61. The van der Waals surface area contributed by atoms with Gasteiger partial charge in [-0.2, -0.15) is 0 Å². The molecular formula is C13H12ClFOS. The number of thiophene rings is 1. The molecule has 1 unspecified atom stereocenters. The van der Waals surface area contributed by atoms with Gasteiger partial charge in [-0.3, -0.25) is 0 Å². The second-order valence-electron chi connectivity index (χ2n) is 3.91. The van der Waals surface area contributed by atoms with Crippen LogP contribution in [0.3, 0.4) is 0 Å². The van der Waals surface area contributed by atoms with Crippen LogP contribution in [-0.2, 0) is 0 Å². The van der Waals surface area contributed by atoms with Crippen LogP contribution in [-0.4, -0.2) is 5.11 Å². The summed E-state index contributed by atoms with van der Waals surface area (Å²) < 4.78 is 13.8. The first-order valence-corrected chi connectivity index (χ1v) is 6.39. The van der Waals surface area contributed by atoms with Crippen molar-refractivity contribution in [1.29, 1.82) is 0 Å². The van der Waals surface area contributed by atoms with Crippen LogP contribution in [0.25, 0.3) is 0 Å². The van der Waals surface area contributed by atoms with Gasteiger partial charge in [-0.25, -0.2) is 4.39 Å². The maximum atomic E-state index is 13.8. The van der Waals surface area contributed by atoms with Gasteiger partial charge >= 0.3 is 0 Å². The predicted octanol–water partition coefficient (Wildman–Crippen LogP) is 4.24. The maximum absolute atomic E-state index is 13.8. The van der Waals surface area contributed by atoms with Crippen molar-refractivity contribution in [2.75, 3.05) is 0 Å². The number of hydrogen-bond donors (Lipinski definition) is 1. The molecule has 0 aliphatic carbocycles. The second-order valence-corrected chi connectivity index (χ2v) is 5.78. The highest BCUT2D eigenvalue weighted by Gasteiger charge is 2.19. The Balaban J connectivity index is 2.47. The molecule has 0 aliphatic rings. The van der Waals surface area contributed by atoms with Crippen LogP contribution in [0.4, 0.5) is 4.39 Å². The highest BCUT2D eigenvalue weighted by Crippen LogP contribution is 2.33. The van der Waals surface area contributed by atoms with Crippen molar-refractivity contribution in [3.05, 3.63) is 56.0 Å². The summed E-state index contributed by atoms with van der Waals surface area (Å²) in [7, 11) is 0. The van der Waals surface area contributed by atoms with E-state index in [1.54, 1.807) is 23.5 Å². The van der Waals surface area contributed by atoms with E-state index in [1.165, 1.54) is 6.07 Å². The van der Waals surface area contributed by atoms with Crippen molar-refractivity contribution < 1.29 is 9.50 Å². The van der Waals surface area contributed by atoms with Crippen molar-refractivity contribution in [2.45, 2.75) is 20.0 Å². The van der Waals surface area contributed by atoms with Crippen LogP contribution < -0.4 is 0 Å². The van der Waals surface area contributed by atoms with Crippen molar-refractivity contribution >= 4 is 22.9 Å². The Hall–Kier alpha value is -0.900. The fraction of sp³-hybridized carbons (Fsp3) is 0.231. The van der Waals surface area contributed by atoms with Gasteiger partial charge in [0, 0.05) is 15.3 Å². The first-order valence-electron chi connectivity index (χ1n) is 5.19. The zero-order valence-electron chi connectivity index (χ0n) is 9.50. The Bertz CT molecular complexity index is 550. The normalized spacial score (nSPS) is 12.8. The summed E-state index contributed by atoms with van der Waals surface area (Å²) in [5, 5.41) is 10.2. The largest absolute Gasteiger partial charge is 0.384 e. The number of hydrogen-bond acceptors (Lipinski definition) is 2. The van der Waals surface area contributed by atoms with Crippen LogP contribution in [0.2, 0.25) is 5.02 Å². The molecule has 0 aliphatic heterocycles. The molecule has 2 aromatic rings. The smallest absolute Gasteiger partial charge is 0.147 e. The van der Waals surface area contributed by atoms with Crippen molar-refractivity contribution in [3.8, 4) is 0 Å². The Labute approximate surface area is 108 Å². The van der Waals surface area contributed by atoms with Crippen molar-refractivity contribution in [1.82, 2.24) is 0 Å². The van der Waals surface area contributed by atoms with E-state index < -0.39 is 11.9 Å². The summed E-state index contributed by atoms with van der Waals surface area (Å²) in [4.78, 5) is 2.09. The molecular weight excluding hydrogens is 259 g/mol. The summed E-state index contributed by atoms with van der Waals surface area (Å²) in [5.41, 5.74) is 0.965. The van der Waals surface area contributed by atoms with E-state index in [-0.39, 0.29) is 10.6 Å². The minimum atomic E-state index is -0.960. The van der Waals surface area contributed by atoms with Gasteiger partial charge in [0.25, 0.3) is 0 Å². The SMILES string of the molecule is Cc1cc(C(O)c2cccc(Cl)c2F)c(C)s1. The lowest BCUT2D eigenvalue weighted by Crippen LogP contribution is -2.03. The summed E-state index contributed by atoms with van der Waals surface area (Å²) in [6.45, 7) is 3.88. The Morgan fingerprint density at radius 2 is 2.00 bits per heavy atom. The van der Waals surface area contributed by atoms with Gasteiger partial charge in [0.1, 0.15) is 11.9 Å². The molecule has 0 radical (unpaired) electrons. The molecule has 1 heterocycles. The summed E-state index contributed by atoms with van der Waals surface area (Å²) in [5.74, 6) is -0.551. The molecule has 0 spiro atoms. The third-order valence-electron chi connectivity index (χ3n) is 2.65. The number of aliphatic hydroxyl groups excluding tert-OH is 1. The maximum Gasteiger partial charge on any atom is 0.147 e. The van der Waals surface area contributed by atoms with E-state index in [9.17, 15) is 9.50 Å². The third-order valence-corrected chi connectivity index (χ3v) is 3.92. The first-order chi connectivity index (χ1) is 8.00. The molecule has 17 heavy (non-hydrogen) atoms. The van der Waals surface area contributed by atoms with E-state index in [1.807, 2.05) is 19.9 Å². The van der Waals surface area contributed by atoms with Gasteiger partial charge < -0.3 is 5.11 Å². The van der Waals surface area contributed by atoms with Crippen molar-refractivity contribution in [3.63, 3.8) is 0 Å². The topological polar surface area (TPSA) is 20.2 Å². The van der Waals surface area contributed by atoms with Crippen LogP contribution in [0.5, 0.6) is 0 Å². The first kappa shape index (κ1) is 12.6. The minimum absolute atomic E-state index is 0.0335.